The van der Waals surface area contributed by atoms with Crippen LogP contribution in [0.3, 0.4) is 0 Å². The number of nitrogens with one attached hydrogen (secondary N) is 3. The smallest absolute Gasteiger partial charge is 0.465 e. The highest BCUT2D eigenvalue weighted by Gasteiger charge is 2.62. The molecule has 3 fully saturated rings. The zero-order chi connectivity index (χ0) is 39.8. The molecule has 2 aliphatic carbocycles. The van der Waals surface area contributed by atoms with Crippen LogP contribution in [0.2, 0.25) is 0 Å². The van der Waals surface area contributed by atoms with Crippen molar-refractivity contribution in [2.75, 3.05) is 11.9 Å². The van der Waals surface area contributed by atoms with Gasteiger partial charge in [-0.3, -0.25) is 24.0 Å². The summed E-state index contributed by atoms with van der Waals surface area (Å²) in [5.41, 5.74) is -0.557. The Kier molecular flexibility index (Phi) is 11.5. The summed E-state index contributed by atoms with van der Waals surface area (Å²) in [6.45, 7) is 7.95. The van der Waals surface area contributed by atoms with Gasteiger partial charge < -0.3 is 25.4 Å². The second-order valence-corrected chi connectivity index (χ2v) is 17.1. The minimum absolute atomic E-state index is 0.164. The summed E-state index contributed by atoms with van der Waals surface area (Å²) < 4.78 is 82.2. The third-order valence-electron chi connectivity index (χ3n) is 10.1. The quantitative estimate of drug-likeness (QED) is 0.239. The van der Waals surface area contributed by atoms with Crippen molar-refractivity contribution in [3.63, 3.8) is 0 Å². The number of halogens is 4. The zero-order valence-electron chi connectivity index (χ0n) is 30.3. The van der Waals surface area contributed by atoms with Crippen LogP contribution < -0.4 is 20.1 Å². The average Bonchev–Trinajstić information content (AvgIpc) is 3.95. The first-order valence-electron chi connectivity index (χ1n) is 17.7. The van der Waals surface area contributed by atoms with E-state index >= 15 is 0 Å². The van der Waals surface area contributed by atoms with Gasteiger partial charge >= 0.3 is 12.5 Å². The molecule has 296 valence electrons. The van der Waals surface area contributed by atoms with Gasteiger partial charge in [0.2, 0.25) is 21.8 Å². The number of amides is 4. The molecule has 4 N–H and O–H groups in total. The summed E-state index contributed by atoms with van der Waals surface area (Å²) in [5, 5.41) is 13.9. The van der Waals surface area contributed by atoms with Crippen LogP contribution in [-0.2, 0) is 37.5 Å². The molecule has 2 aromatic rings. The number of alkyl halides is 3. The number of carbonyl (C=O) groups excluding carboxylic acids is 3. The molecule has 0 radical (unpaired) electrons. The molecule has 0 aromatic heterocycles. The van der Waals surface area contributed by atoms with E-state index in [1.165, 1.54) is 28.0 Å². The van der Waals surface area contributed by atoms with E-state index in [-0.39, 0.29) is 30.5 Å². The summed E-state index contributed by atoms with van der Waals surface area (Å²) in [4.78, 5) is 53.7. The van der Waals surface area contributed by atoms with Gasteiger partial charge in [-0.05, 0) is 67.2 Å². The van der Waals surface area contributed by atoms with Gasteiger partial charge in [0.05, 0.1) is 11.8 Å². The summed E-state index contributed by atoms with van der Waals surface area (Å²) in [6, 6.07) is 8.07. The molecule has 4 atom stereocenters. The highest BCUT2D eigenvalue weighted by molar-refractivity contribution is 7.91. The Hall–Kier alpha value is -4.61. The van der Waals surface area contributed by atoms with Crippen LogP contribution >= 0.6 is 0 Å². The van der Waals surface area contributed by atoms with Crippen molar-refractivity contribution in [2.24, 2.45) is 11.3 Å². The Morgan fingerprint density at radius 2 is 1.72 bits per heavy atom. The number of anilines is 1. The van der Waals surface area contributed by atoms with E-state index in [2.05, 4.69) is 20.1 Å². The van der Waals surface area contributed by atoms with Gasteiger partial charge in [0.1, 0.15) is 29.2 Å². The SMILES string of the molecule is CCC1CC1(NC(=O)C1CCCN1C(=O)[C@@H](Nc1cccc(OC(F)(F)F)c1)C(C)(C)C)C(=O)NS(=O)(=O)C1CC1.O=C(O)N1Cc2cccc(F)c2C1. The fourth-order valence-electron chi connectivity index (χ4n) is 6.88. The van der Waals surface area contributed by atoms with Crippen molar-refractivity contribution < 1.29 is 55.0 Å². The highest BCUT2D eigenvalue weighted by Crippen LogP contribution is 2.47. The first kappa shape index (κ1) is 40.6. The summed E-state index contributed by atoms with van der Waals surface area (Å²) in [7, 11) is -3.81. The monoisotopic (exact) mass is 783 g/mol. The number of hydrogen-bond acceptors (Lipinski definition) is 8. The maximum absolute atomic E-state index is 13.8. The fourth-order valence-corrected chi connectivity index (χ4v) is 8.24. The van der Waals surface area contributed by atoms with Gasteiger partial charge in [-0.2, -0.15) is 0 Å². The van der Waals surface area contributed by atoms with E-state index < -0.39 is 74.2 Å². The second-order valence-electron chi connectivity index (χ2n) is 15.2. The molecule has 4 amide bonds. The van der Waals surface area contributed by atoms with Crippen molar-refractivity contribution in [1.29, 1.82) is 0 Å². The molecule has 13 nitrogen and oxygen atoms in total. The molecule has 0 bridgehead atoms. The topological polar surface area (TPSA) is 174 Å². The number of sulfonamides is 1. The first-order chi connectivity index (χ1) is 25.1. The number of ether oxygens (including phenoxy) is 1. The normalized spacial score (nSPS) is 22.7. The number of hydrogen-bond donors (Lipinski definition) is 4. The van der Waals surface area contributed by atoms with Crippen LogP contribution in [0.15, 0.2) is 42.5 Å². The zero-order valence-corrected chi connectivity index (χ0v) is 31.2. The molecule has 1 saturated heterocycles. The molecule has 2 aliphatic heterocycles. The molecular formula is C36H45F4N5O8S. The molecule has 6 rings (SSSR count). The number of fused-ring (bicyclic) bond motifs is 1. The average molecular weight is 784 g/mol. The Bertz CT molecular complexity index is 1880. The standard InChI is InChI=1S/C27H37F3N4O6S.C9H8FNO2/c1-5-16-15-26(16,24(37)33-41(38,39)19-11-12-19)32-22(35)20-10-7-13-34(20)23(36)21(25(2,3)4)31-17-8-6-9-18(14-17)40-27(28,29)30;10-8-3-1-2-6-4-11(9(12)13)5-7(6)8/h6,8-9,14,16,19-21,31H,5,7,10-13,15H2,1-4H3,(H,32,35)(H,33,37);1-3H,4-5H2,(H,12,13)/t16?,20?,21-,26?;/m1./s1. The van der Waals surface area contributed by atoms with Gasteiger partial charge in [-0.1, -0.05) is 52.3 Å². The molecule has 2 aromatic carbocycles. The van der Waals surface area contributed by atoms with E-state index in [1.807, 2.05) is 6.92 Å². The van der Waals surface area contributed by atoms with Crippen LogP contribution in [0.1, 0.15) is 77.3 Å². The number of nitrogens with zero attached hydrogens (tertiary/aromatic N) is 2. The van der Waals surface area contributed by atoms with Gasteiger partial charge in [-0.15, -0.1) is 13.2 Å². The molecular weight excluding hydrogens is 738 g/mol. The molecule has 18 heteroatoms. The predicted octanol–water partition coefficient (Wildman–Crippen LogP) is 5.12. The number of carboxylic acid groups (broad SMARTS) is 1. The van der Waals surface area contributed by atoms with Crippen molar-refractivity contribution in [3.8, 4) is 5.75 Å². The minimum Gasteiger partial charge on any atom is -0.465 e. The summed E-state index contributed by atoms with van der Waals surface area (Å²) in [6.07, 6.45) is -3.18. The van der Waals surface area contributed by atoms with Crippen molar-refractivity contribution in [1.82, 2.24) is 19.8 Å². The van der Waals surface area contributed by atoms with Gasteiger partial charge in [0.25, 0.3) is 5.91 Å². The Balaban J connectivity index is 0.000000360. The predicted molar refractivity (Wildman–Crippen MR) is 188 cm³/mol. The van der Waals surface area contributed by atoms with Crippen LogP contribution in [0.4, 0.5) is 28.0 Å². The lowest BCUT2D eigenvalue weighted by molar-refractivity contribution is -0.274. The minimum atomic E-state index is -4.87. The maximum atomic E-state index is 13.8. The van der Waals surface area contributed by atoms with E-state index in [9.17, 15) is 45.2 Å². The Morgan fingerprint density at radius 3 is 2.30 bits per heavy atom. The lowest BCUT2D eigenvalue weighted by Crippen LogP contribution is -2.58. The first-order valence-corrected chi connectivity index (χ1v) is 19.2. The molecule has 4 aliphatic rings. The van der Waals surface area contributed by atoms with E-state index in [1.54, 1.807) is 32.9 Å². The number of likely N-dealkylation sites (tertiary alicyclic amines) is 1. The van der Waals surface area contributed by atoms with Crippen LogP contribution in [0.5, 0.6) is 5.75 Å². The molecule has 2 heterocycles. The Labute approximate surface area is 310 Å². The molecule has 2 saturated carbocycles. The number of benzene rings is 2. The van der Waals surface area contributed by atoms with Crippen molar-refractivity contribution in [3.05, 3.63) is 59.4 Å². The third kappa shape index (κ3) is 9.36. The lowest BCUT2D eigenvalue weighted by atomic mass is 9.85. The van der Waals surface area contributed by atoms with E-state index in [0.29, 0.717) is 50.6 Å². The van der Waals surface area contributed by atoms with E-state index in [0.717, 1.165) is 17.7 Å². The van der Waals surface area contributed by atoms with Crippen LogP contribution in [-0.4, -0.2) is 82.9 Å². The van der Waals surface area contributed by atoms with Gasteiger partial charge in [0, 0.05) is 30.4 Å². The van der Waals surface area contributed by atoms with Gasteiger partial charge in [0.15, 0.2) is 0 Å². The second kappa shape index (κ2) is 15.3. The largest absolute Gasteiger partial charge is 0.573 e. The van der Waals surface area contributed by atoms with Crippen LogP contribution in [0, 0.1) is 17.2 Å². The third-order valence-corrected chi connectivity index (χ3v) is 11.9. The van der Waals surface area contributed by atoms with Crippen molar-refractivity contribution >= 4 is 39.5 Å². The number of rotatable bonds is 10. The van der Waals surface area contributed by atoms with Crippen molar-refractivity contribution in [2.45, 2.75) is 109 Å². The summed E-state index contributed by atoms with van der Waals surface area (Å²) >= 11 is 0. The lowest BCUT2D eigenvalue weighted by Gasteiger charge is -2.36. The van der Waals surface area contributed by atoms with E-state index in [4.69, 9.17) is 5.11 Å². The molecule has 0 spiro atoms. The number of carbonyl (C=O) groups is 4. The summed E-state index contributed by atoms with van der Waals surface area (Å²) in [5.74, 6) is -2.71. The van der Waals surface area contributed by atoms with Crippen LogP contribution in [0.25, 0.3) is 0 Å². The fraction of sp³-hybridized carbons (Fsp3) is 0.556. The molecule has 3 unspecified atom stereocenters. The Morgan fingerprint density at radius 1 is 1.04 bits per heavy atom. The molecule has 54 heavy (non-hydrogen) atoms. The highest BCUT2D eigenvalue weighted by atomic mass is 32.2. The maximum Gasteiger partial charge on any atom is 0.573 e. The van der Waals surface area contributed by atoms with Gasteiger partial charge in [-0.25, -0.2) is 17.6 Å².